The number of likely N-dealkylation sites (N-methyl/N-ethyl adjacent to an activating group) is 1. The minimum atomic E-state index is -0.518. The van der Waals surface area contributed by atoms with E-state index in [2.05, 4.69) is 5.32 Å². The fourth-order valence-corrected chi connectivity index (χ4v) is 2.94. The summed E-state index contributed by atoms with van der Waals surface area (Å²) in [4.78, 5) is 25.7. The third kappa shape index (κ3) is 4.81. The molecule has 0 bridgehead atoms. The number of benzene rings is 2. The molecule has 1 saturated heterocycles. The molecule has 0 aromatic heterocycles. The maximum atomic E-state index is 12.4. The van der Waals surface area contributed by atoms with Crippen molar-refractivity contribution in [2.24, 2.45) is 0 Å². The van der Waals surface area contributed by atoms with Gasteiger partial charge in [0.25, 0.3) is 11.8 Å². The molecule has 2 aromatic rings. The Morgan fingerprint density at radius 1 is 1.07 bits per heavy atom. The zero-order valence-electron chi connectivity index (χ0n) is 16.5. The zero-order chi connectivity index (χ0) is 21.0. The fraction of sp³-hybridized carbons (Fsp3) is 0.227. The quantitative estimate of drug-likeness (QED) is 0.450. The number of ether oxygens (including phenoxy) is 2. The van der Waals surface area contributed by atoms with Crippen LogP contribution < -0.4 is 14.8 Å². The Labute approximate surface area is 175 Å². The predicted molar refractivity (Wildman–Crippen MR) is 115 cm³/mol. The van der Waals surface area contributed by atoms with Crippen molar-refractivity contribution in [1.29, 1.82) is 0 Å². The molecule has 150 valence electrons. The number of hydrogen-bond acceptors (Lipinski definition) is 5. The Morgan fingerprint density at radius 3 is 2.48 bits per heavy atom. The number of carbonyl (C=O) groups excluding carboxylic acids is 2. The number of nitrogens with one attached hydrogen (secondary N) is 1. The molecule has 0 saturated carbocycles. The third-order valence-corrected chi connectivity index (χ3v) is 4.77. The number of thiocarbonyl (C=S) groups is 1. The molecule has 2 amide bonds. The van der Waals surface area contributed by atoms with E-state index < -0.39 is 11.8 Å². The van der Waals surface area contributed by atoms with Crippen molar-refractivity contribution in [3.8, 4) is 11.5 Å². The molecular weight excluding hydrogens is 388 g/mol. The van der Waals surface area contributed by atoms with Gasteiger partial charge in [0.05, 0.1) is 6.61 Å². The second-order valence-corrected chi connectivity index (χ2v) is 6.98. The first kappa shape index (κ1) is 20.5. The molecule has 2 aromatic carbocycles. The van der Waals surface area contributed by atoms with Crippen LogP contribution in [0.3, 0.4) is 0 Å². The van der Waals surface area contributed by atoms with E-state index in [0.29, 0.717) is 30.3 Å². The van der Waals surface area contributed by atoms with E-state index in [1.165, 1.54) is 23.6 Å². The van der Waals surface area contributed by atoms with Gasteiger partial charge >= 0.3 is 0 Å². The van der Waals surface area contributed by atoms with Gasteiger partial charge in [-0.2, -0.15) is 0 Å². The minimum absolute atomic E-state index is 0.0110. The maximum Gasteiger partial charge on any atom is 0.265 e. The Hall–Kier alpha value is -3.19. The molecule has 0 unspecified atom stereocenters. The standard InChI is InChI=1S/C22H22N2O4S/c1-4-27-19-12-16(11-17-20(25)23-22(29)24(3)21(17)26)9-10-18(19)28-13-15-7-5-14(2)6-8-15/h5-12H,4,13H2,1-3H3,(H,23,25,29)/b17-11+. The summed E-state index contributed by atoms with van der Waals surface area (Å²) in [7, 11) is 1.52. The molecule has 0 radical (unpaired) electrons. The predicted octanol–water partition coefficient (Wildman–Crippen LogP) is 3.23. The average Bonchev–Trinajstić information content (AvgIpc) is 2.70. The summed E-state index contributed by atoms with van der Waals surface area (Å²) < 4.78 is 11.6. The Balaban J connectivity index is 1.83. The van der Waals surface area contributed by atoms with Gasteiger partial charge in [-0.25, -0.2) is 0 Å². The normalized spacial score (nSPS) is 15.5. The van der Waals surface area contributed by atoms with Gasteiger partial charge in [-0.3, -0.25) is 19.8 Å². The highest BCUT2D eigenvalue weighted by Crippen LogP contribution is 2.30. The molecule has 6 nitrogen and oxygen atoms in total. The number of amides is 2. The van der Waals surface area contributed by atoms with Gasteiger partial charge in [0, 0.05) is 7.05 Å². The van der Waals surface area contributed by atoms with Crippen molar-refractivity contribution < 1.29 is 19.1 Å². The Morgan fingerprint density at radius 2 is 1.79 bits per heavy atom. The first-order valence-electron chi connectivity index (χ1n) is 9.19. The SMILES string of the molecule is CCOc1cc(/C=C2\C(=O)NC(=S)N(C)C2=O)ccc1OCc1ccc(C)cc1. The van der Waals surface area contributed by atoms with E-state index in [-0.39, 0.29) is 10.7 Å². The molecule has 29 heavy (non-hydrogen) atoms. The molecular formula is C22H22N2O4S. The van der Waals surface area contributed by atoms with Gasteiger partial charge in [-0.1, -0.05) is 35.9 Å². The topological polar surface area (TPSA) is 67.9 Å². The number of nitrogens with zero attached hydrogens (tertiary/aromatic N) is 1. The smallest absolute Gasteiger partial charge is 0.265 e. The lowest BCUT2D eigenvalue weighted by Crippen LogP contribution is -2.52. The van der Waals surface area contributed by atoms with Crippen molar-refractivity contribution in [3.63, 3.8) is 0 Å². The summed E-state index contributed by atoms with van der Waals surface area (Å²) >= 11 is 4.96. The van der Waals surface area contributed by atoms with Crippen molar-refractivity contribution in [2.75, 3.05) is 13.7 Å². The van der Waals surface area contributed by atoms with Gasteiger partial charge in [-0.15, -0.1) is 0 Å². The first-order chi connectivity index (χ1) is 13.9. The molecule has 1 fully saturated rings. The van der Waals surface area contributed by atoms with Crippen LogP contribution in [-0.2, 0) is 16.2 Å². The van der Waals surface area contributed by atoms with E-state index >= 15 is 0 Å². The van der Waals surface area contributed by atoms with E-state index in [4.69, 9.17) is 21.7 Å². The monoisotopic (exact) mass is 410 g/mol. The van der Waals surface area contributed by atoms with Crippen LogP contribution in [0.2, 0.25) is 0 Å². The molecule has 0 atom stereocenters. The fourth-order valence-electron chi connectivity index (χ4n) is 2.76. The van der Waals surface area contributed by atoms with Crippen LogP contribution in [0.5, 0.6) is 11.5 Å². The molecule has 1 aliphatic rings. The number of carbonyl (C=O) groups is 2. The average molecular weight is 410 g/mol. The lowest BCUT2D eigenvalue weighted by atomic mass is 10.1. The zero-order valence-corrected chi connectivity index (χ0v) is 17.3. The molecule has 1 N–H and O–H groups in total. The van der Waals surface area contributed by atoms with Crippen molar-refractivity contribution in [2.45, 2.75) is 20.5 Å². The van der Waals surface area contributed by atoms with Crippen molar-refractivity contribution in [3.05, 3.63) is 64.7 Å². The highest BCUT2D eigenvalue weighted by Gasteiger charge is 2.30. The largest absolute Gasteiger partial charge is 0.490 e. The first-order valence-corrected chi connectivity index (χ1v) is 9.60. The summed E-state index contributed by atoms with van der Waals surface area (Å²) in [5, 5.41) is 2.59. The lowest BCUT2D eigenvalue weighted by Gasteiger charge is -2.25. The Kier molecular flexibility index (Phi) is 6.29. The van der Waals surface area contributed by atoms with E-state index in [0.717, 1.165) is 5.56 Å². The van der Waals surface area contributed by atoms with Gasteiger partial charge in [0.15, 0.2) is 16.6 Å². The van der Waals surface area contributed by atoms with Crippen LogP contribution in [0.25, 0.3) is 6.08 Å². The number of rotatable bonds is 6. The van der Waals surface area contributed by atoms with Gasteiger partial charge in [0.1, 0.15) is 12.2 Å². The molecule has 1 heterocycles. The van der Waals surface area contributed by atoms with Gasteiger partial charge in [0.2, 0.25) is 0 Å². The van der Waals surface area contributed by atoms with Crippen LogP contribution in [0.1, 0.15) is 23.6 Å². The van der Waals surface area contributed by atoms with Crippen molar-refractivity contribution >= 4 is 35.2 Å². The Bertz CT molecular complexity index is 983. The number of hydrogen-bond donors (Lipinski definition) is 1. The summed E-state index contributed by atoms with van der Waals surface area (Å²) in [5.74, 6) is 0.168. The molecule has 0 aliphatic carbocycles. The summed E-state index contributed by atoms with van der Waals surface area (Å²) in [6.07, 6.45) is 1.52. The minimum Gasteiger partial charge on any atom is -0.490 e. The molecule has 7 heteroatoms. The van der Waals surface area contributed by atoms with Gasteiger partial charge < -0.3 is 9.47 Å². The van der Waals surface area contributed by atoms with Gasteiger partial charge in [-0.05, 0) is 55.4 Å². The molecule has 1 aliphatic heterocycles. The van der Waals surface area contributed by atoms with E-state index in [1.54, 1.807) is 18.2 Å². The summed E-state index contributed by atoms with van der Waals surface area (Å²) in [5.41, 5.74) is 2.90. The summed E-state index contributed by atoms with van der Waals surface area (Å²) in [6, 6.07) is 13.4. The summed E-state index contributed by atoms with van der Waals surface area (Å²) in [6.45, 7) is 4.78. The van der Waals surface area contributed by atoms with Crippen LogP contribution in [0, 0.1) is 6.92 Å². The molecule has 3 rings (SSSR count). The third-order valence-electron chi connectivity index (χ3n) is 4.40. The van der Waals surface area contributed by atoms with E-state index in [9.17, 15) is 9.59 Å². The number of aryl methyl sites for hydroxylation is 1. The molecule has 0 spiro atoms. The second kappa shape index (κ2) is 8.87. The van der Waals surface area contributed by atoms with Crippen LogP contribution in [-0.4, -0.2) is 35.5 Å². The highest BCUT2D eigenvalue weighted by molar-refractivity contribution is 7.80. The highest BCUT2D eigenvalue weighted by atomic mass is 32.1. The van der Waals surface area contributed by atoms with Crippen LogP contribution >= 0.6 is 12.2 Å². The van der Waals surface area contributed by atoms with Crippen LogP contribution in [0.4, 0.5) is 0 Å². The lowest BCUT2D eigenvalue weighted by molar-refractivity contribution is -0.128. The van der Waals surface area contributed by atoms with Crippen LogP contribution in [0.15, 0.2) is 48.0 Å². The second-order valence-electron chi connectivity index (χ2n) is 6.59. The van der Waals surface area contributed by atoms with Crippen molar-refractivity contribution in [1.82, 2.24) is 10.2 Å². The maximum absolute atomic E-state index is 12.4. The van der Waals surface area contributed by atoms with E-state index in [1.807, 2.05) is 38.1 Å².